The van der Waals surface area contributed by atoms with E-state index < -0.39 is 0 Å². The third kappa shape index (κ3) is 3.10. The Morgan fingerprint density at radius 2 is 1.50 bits per heavy atom. The molecule has 1 saturated heterocycles. The first-order chi connectivity index (χ1) is 12.6. The minimum Gasteiger partial charge on any atom is -0.385 e. The standard InChI is InChI=1S/C21H22N2O3/c1-14-11-23(12-15(2)26-14)20(24)13-25-22-21-18-9-5-3-7-16(18)17-8-4-6-10-19(17)21/h3-10,14-15H,11-13H2,1-2H3. The van der Waals surface area contributed by atoms with Gasteiger partial charge in [0.15, 0.2) is 6.61 Å². The van der Waals surface area contributed by atoms with E-state index in [1.807, 2.05) is 50.2 Å². The summed E-state index contributed by atoms with van der Waals surface area (Å²) in [5, 5.41) is 4.32. The Labute approximate surface area is 153 Å². The molecule has 2 aliphatic rings. The van der Waals surface area contributed by atoms with E-state index in [1.54, 1.807) is 4.90 Å². The van der Waals surface area contributed by atoms with Crippen molar-refractivity contribution in [3.8, 4) is 11.1 Å². The first-order valence-corrected chi connectivity index (χ1v) is 8.96. The fourth-order valence-corrected chi connectivity index (χ4v) is 3.72. The summed E-state index contributed by atoms with van der Waals surface area (Å²) in [6.45, 7) is 5.07. The third-order valence-electron chi connectivity index (χ3n) is 4.77. The largest absolute Gasteiger partial charge is 0.385 e. The van der Waals surface area contributed by atoms with Crippen molar-refractivity contribution in [3.63, 3.8) is 0 Å². The SMILES string of the molecule is CC1CN(C(=O)CON=C2c3ccccc3-c3ccccc32)CC(C)O1. The number of rotatable bonds is 3. The van der Waals surface area contributed by atoms with E-state index in [0.717, 1.165) is 28.0 Å². The van der Waals surface area contributed by atoms with Crippen LogP contribution >= 0.6 is 0 Å². The third-order valence-corrected chi connectivity index (χ3v) is 4.77. The lowest BCUT2D eigenvalue weighted by Gasteiger charge is -2.35. The fraction of sp³-hybridized carbons (Fsp3) is 0.333. The summed E-state index contributed by atoms with van der Waals surface area (Å²) < 4.78 is 5.67. The summed E-state index contributed by atoms with van der Waals surface area (Å²) in [5.41, 5.74) is 5.15. The van der Waals surface area contributed by atoms with Crippen molar-refractivity contribution in [1.29, 1.82) is 0 Å². The molecule has 1 heterocycles. The van der Waals surface area contributed by atoms with Crippen molar-refractivity contribution in [2.24, 2.45) is 5.16 Å². The number of ether oxygens (including phenoxy) is 1. The van der Waals surface area contributed by atoms with Gasteiger partial charge in [-0.05, 0) is 25.0 Å². The molecule has 0 N–H and O–H groups in total. The molecule has 134 valence electrons. The van der Waals surface area contributed by atoms with Gasteiger partial charge in [-0.15, -0.1) is 0 Å². The van der Waals surface area contributed by atoms with Gasteiger partial charge in [0.05, 0.1) is 12.2 Å². The number of nitrogens with zero attached hydrogens (tertiary/aromatic N) is 2. The number of hydrogen-bond acceptors (Lipinski definition) is 4. The summed E-state index contributed by atoms with van der Waals surface area (Å²) >= 11 is 0. The predicted molar refractivity (Wildman–Crippen MR) is 100 cm³/mol. The van der Waals surface area contributed by atoms with Crippen LogP contribution in [0.15, 0.2) is 53.7 Å². The van der Waals surface area contributed by atoms with Crippen molar-refractivity contribution in [2.75, 3.05) is 19.7 Å². The van der Waals surface area contributed by atoms with Crippen molar-refractivity contribution in [3.05, 3.63) is 59.7 Å². The molecule has 2 atom stereocenters. The summed E-state index contributed by atoms with van der Waals surface area (Å²) in [7, 11) is 0. The number of oxime groups is 1. The van der Waals surface area contributed by atoms with E-state index in [0.29, 0.717) is 13.1 Å². The minimum absolute atomic E-state index is 0.0441. The number of carbonyl (C=O) groups is 1. The van der Waals surface area contributed by atoms with Crippen molar-refractivity contribution >= 4 is 11.6 Å². The van der Waals surface area contributed by atoms with Crippen molar-refractivity contribution in [1.82, 2.24) is 4.90 Å². The van der Waals surface area contributed by atoms with E-state index in [-0.39, 0.29) is 24.7 Å². The number of carbonyl (C=O) groups excluding carboxylic acids is 1. The molecule has 2 aromatic rings. The molecular formula is C21H22N2O3. The predicted octanol–water partition coefficient (Wildman–Crippen LogP) is 3.07. The van der Waals surface area contributed by atoms with E-state index >= 15 is 0 Å². The highest BCUT2D eigenvalue weighted by atomic mass is 16.6. The summed E-state index contributed by atoms with van der Waals surface area (Å²) in [4.78, 5) is 19.7. The molecule has 2 aromatic carbocycles. The number of amides is 1. The maximum absolute atomic E-state index is 12.4. The Morgan fingerprint density at radius 3 is 2.04 bits per heavy atom. The van der Waals surface area contributed by atoms with Crippen LogP contribution in [0.3, 0.4) is 0 Å². The van der Waals surface area contributed by atoms with Crippen LogP contribution in [0.25, 0.3) is 11.1 Å². The Bertz CT molecular complexity index is 804. The lowest BCUT2D eigenvalue weighted by molar-refractivity contribution is -0.147. The molecule has 4 rings (SSSR count). The highest BCUT2D eigenvalue weighted by molar-refractivity contribution is 6.24. The van der Waals surface area contributed by atoms with Gasteiger partial charge in [0, 0.05) is 24.2 Å². The first kappa shape index (κ1) is 16.8. The van der Waals surface area contributed by atoms with Gasteiger partial charge in [0.2, 0.25) is 0 Å². The lowest BCUT2D eigenvalue weighted by Crippen LogP contribution is -2.49. The molecule has 0 saturated carbocycles. The zero-order valence-corrected chi connectivity index (χ0v) is 15.0. The van der Waals surface area contributed by atoms with Gasteiger partial charge in [-0.1, -0.05) is 53.7 Å². The minimum atomic E-state index is -0.0622. The highest BCUT2D eigenvalue weighted by Gasteiger charge is 2.27. The van der Waals surface area contributed by atoms with Crippen LogP contribution in [-0.2, 0) is 14.4 Å². The zero-order valence-electron chi connectivity index (χ0n) is 15.0. The van der Waals surface area contributed by atoms with Gasteiger partial charge >= 0.3 is 0 Å². The highest BCUT2D eigenvalue weighted by Crippen LogP contribution is 2.36. The molecule has 26 heavy (non-hydrogen) atoms. The lowest BCUT2D eigenvalue weighted by atomic mass is 10.1. The van der Waals surface area contributed by atoms with E-state index in [9.17, 15) is 4.79 Å². The van der Waals surface area contributed by atoms with E-state index in [4.69, 9.17) is 9.57 Å². The van der Waals surface area contributed by atoms with Crippen molar-refractivity contribution < 1.29 is 14.4 Å². The first-order valence-electron chi connectivity index (χ1n) is 8.96. The van der Waals surface area contributed by atoms with Crippen LogP contribution in [0.5, 0.6) is 0 Å². The molecule has 5 nitrogen and oxygen atoms in total. The molecule has 0 spiro atoms. The summed E-state index contributed by atoms with van der Waals surface area (Å²) in [6, 6.07) is 16.2. The maximum Gasteiger partial charge on any atom is 0.263 e. The Balaban J connectivity index is 1.50. The quantitative estimate of drug-likeness (QED) is 0.682. The number of morpholine rings is 1. The number of benzene rings is 2. The molecule has 5 heteroatoms. The molecule has 1 aliphatic carbocycles. The van der Waals surface area contributed by atoms with Crippen LogP contribution < -0.4 is 0 Å². The molecule has 0 bridgehead atoms. The second-order valence-electron chi connectivity index (χ2n) is 6.86. The Kier molecular flexibility index (Phi) is 4.47. The van der Waals surface area contributed by atoms with Crippen LogP contribution in [0, 0.1) is 0 Å². The summed E-state index contributed by atoms with van der Waals surface area (Å²) in [6.07, 6.45) is 0.0881. The van der Waals surface area contributed by atoms with Gasteiger partial charge in [0.1, 0.15) is 5.71 Å². The molecule has 0 aromatic heterocycles. The van der Waals surface area contributed by atoms with Crippen LogP contribution in [0.1, 0.15) is 25.0 Å². The maximum atomic E-state index is 12.4. The normalized spacial score (nSPS) is 21.2. The molecule has 0 radical (unpaired) electrons. The average Bonchev–Trinajstić information content (AvgIpc) is 2.95. The monoisotopic (exact) mass is 350 g/mol. The fourth-order valence-electron chi connectivity index (χ4n) is 3.72. The van der Waals surface area contributed by atoms with Gasteiger partial charge in [-0.25, -0.2) is 0 Å². The van der Waals surface area contributed by atoms with E-state index in [2.05, 4.69) is 17.3 Å². The van der Waals surface area contributed by atoms with Gasteiger partial charge in [0.25, 0.3) is 5.91 Å². The molecular weight excluding hydrogens is 328 g/mol. The van der Waals surface area contributed by atoms with Gasteiger partial charge in [-0.2, -0.15) is 0 Å². The van der Waals surface area contributed by atoms with Gasteiger partial charge < -0.3 is 14.5 Å². The summed E-state index contributed by atoms with van der Waals surface area (Å²) in [5.74, 6) is -0.0593. The molecule has 2 unspecified atom stereocenters. The average molecular weight is 350 g/mol. The van der Waals surface area contributed by atoms with Crippen LogP contribution in [0.2, 0.25) is 0 Å². The second-order valence-corrected chi connectivity index (χ2v) is 6.86. The molecule has 1 aliphatic heterocycles. The van der Waals surface area contributed by atoms with Crippen molar-refractivity contribution in [2.45, 2.75) is 26.1 Å². The zero-order chi connectivity index (χ0) is 18.1. The van der Waals surface area contributed by atoms with Gasteiger partial charge in [-0.3, -0.25) is 4.79 Å². The number of fused-ring (bicyclic) bond motifs is 3. The topological polar surface area (TPSA) is 51.1 Å². The Hall–Kier alpha value is -2.66. The molecule has 1 amide bonds. The smallest absolute Gasteiger partial charge is 0.263 e. The molecule has 1 fully saturated rings. The second kappa shape index (κ2) is 6.92. The van der Waals surface area contributed by atoms with Crippen LogP contribution in [-0.4, -0.2) is 48.4 Å². The van der Waals surface area contributed by atoms with E-state index in [1.165, 1.54) is 0 Å². The Morgan fingerprint density at radius 1 is 1.00 bits per heavy atom. The number of hydrogen-bond donors (Lipinski definition) is 0. The van der Waals surface area contributed by atoms with Crippen LogP contribution in [0.4, 0.5) is 0 Å².